The fraction of sp³-hybridized carbons (Fsp3) is 0.429. The van der Waals surface area contributed by atoms with Crippen LogP contribution in [0.3, 0.4) is 0 Å². The van der Waals surface area contributed by atoms with Crippen LogP contribution in [0.5, 0.6) is 5.75 Å². The van der Waals surface area contributed by atoms with Gasteiger partial charge >= 0.3 is 0 Å². The first-order valence-electron chi connectivity index (χ1n) is 11.8. The summed E-state index contributed by atoms with van der Waals surface area (Å²) in [5.74, 6) is 3.43. The van der Waals surface area contributed by atoms with Crippen molar-refractivity contribution >= 4 is 16.6 Å². The van der Waals surface area contributed by atoms with Crippen LogP contribution in [-0.4, -0.2) is 16.9 Å². The van der Waals surface area contributed by atoms with E-state index in [9.17, 15) is 4.79 Å². The van der Waals surface area contributed by atoms with Crippen LogP contribution in [0.2, 0.25) is 0 Å². The Morgan fingerprint density at radius 1 is 0.871 bits per heavy atom. The monoisotopic (exact) mass is 409 g/mol. The first-order valence-corrected chi connectivity index (χ1v) is 11.8. The summed E-state index contributed by atoms with van der Waals surface area (Å²) in [5.41, 5.74) is 2.14. The predicted molar refractivity (Wildman–Crippen MR) is 120 cm³/mol. The minimum atomic E-state index is -0.431. The van der Waals surface area contributed by atoms with E-state index in [0.29, 0.717) is 5.78 Å². The van der Waals surface area contributed by atoms with Gasteiger partial charge in [-0.25, -0.2) is 0 Å². The van der Waals surface area contributed by atoms with Gasteiger partial charge in [0.15, 0.2) is 11.9 Å². The van der Waals surface area contributed by atoms with Gasteiger partial charge in [0.25, 0.3) is 0 Å². The molecule has 0 radical (unpaired) electrons. The van der Waals surface area contributed by atoms with Gasteiger partial charge in [0.1, 0.15) is 5.75 Å². The highest BCUT2D eigenvalue weighted by Crippen LogP contribution is 2.62. The zero-order valence-electron chi connectivity index (χ0n) is 17.7. The van der Waals surface area contributed by atoms with E-state index in [1.165, 1.54) is 35.6 Å². The summed E-state index contributed by atoms with van der Waals surface area (Å²) in [6, 6.07) is 16.8. The SMILES string of the molecule is O=C([C@H]1Oc2ccc3ccccc3c2[C@@H]1c1ccncc1)C12CC3CC(CC(C3)C1)C2. The number of Topliss-reactive ketones (excluding diaryl/α,β-unsaturated/α-hetero) is 1. The Labute approximate surface area is 182 Å². The summed E-state index contributed by atoms with van der Waals surface area (Å²) >= 11 is 0. The third kappa shape index (κ3) is 2.58. The Bertz CT molecular complexity index is 1150. The summed E-state index contributed by atoms with van der Waals surface area (Å²) in [7, 11) is 0. The van der Waals surface area contributed by atoms with Crippen molar-refractivity contribution in [2.45, 2.75) is 50.5 Å². The lowest BCUT2D eigenvalue weighted by Gasteiger charge is -2.56. The van der Waals surface area contributed by atoms with Gasteiger partial charge in [-0.15, -0.1) is 0 Å². The van der Waals surface area contributed by atoms with Crippen LogP contribution in [0.1, 0.15) is 55.6 Å². The first-order chi connectivity index (χ1) is 15.2. The normalized spacial score (nSPS) is 35.2. The van der Waals surface area contributed by atoms with Crippen molar-refractivity contribution in [1.82, 2.24) is 4.98 Å². The van der Waals surface area contributed by atoms with Crippen molar-refractivity contribution in [3.8, 4) is 5.75 Å². The van der Waals surface area contributed by atoms with Gasteiger partial charge in [-0.3, -0.25) is 9.78 Å². The molecule has 3 aromatic rings. The highest BCUT2D eigenvalue weighted by Gasteiger charge is 2.58. The molecule has 8 rings (SSSR count). The van der Waals surface area contributed by atoms with E-state index in [1.807, 2.05) is 12.4 Å². The number of ether oxygens (including phenoxy) is 1. The van der Waals surface area contributed by atoms with Gasteiger partial charge in [0, 0.05) is 23.4 Å². The van der Waals surface area contributed by atoms with Crippen molar-refractivity contribution in [3.05, 3.63) is 72.1 Å². The van der Waals surface area contributed by atoms with Crippen molar-refractivity contribution in [2.75, 3.05) is 0 Å². The van der Waals surface area contributed by atoms with Crippen molar-refractivity contribution in [3.63, 3.8) is 0 Å². The second-order valence-corrected chi connectivity index (χ2v) is 10.6. The predicted octanol–water partition coefficient (Wildman–Crippen LogP) is 5.91. The Balaban J connectivity index is 1.36. The number of hydrogen-bond acceptors (Lipinski definition) is 3. The van der Waals surface area contributed by atoms with Gasteiger partial charge in [-0.05, 0) is 90.8 Å². The number of fused-ring (bicyclic) bond motifs is 3. The van der Waals surface area contributed by atoms with Crippen molar-refractivity contribution in [1.29, 1.82) is 0 Å². The molecule has 156 valence electrons. The second-order valence-electron chi connectivity index (χ2n) is 10.6. The summed E-state index contributed by atoms with van der Waals surface area (Å²) in [6.07, 6.45) is 10.5. The summed E-state index contributed by atoms with van der Waals surface area (Å²) in [4.78, 5) is 18.6. The lowest BCUT2D eigenvalue weighted by atomic mass is 9.48. The number of nitrogens with zero attached hydrogens (tertiary/aromatic N) is 1. The van der Waals surface area contributed by atoms with Gasteiger partial charge in [-0.2, -0.15) is 0 Å². The smallest absolute Gasteiger partial charge is 0.180 e. The van der Waals surface area contributed by atoms with E-state index in [0.717, 1.165) is 48.3 Å². The van der Waals surface area contributed by atoms with Crippen LogP contribution in [0, 0.1) is 23.2 Å². The van der Waals surface area contributed by atoms with Gasteiger partial charge < -0.3 is 4.74 Å². The van der Waals surface area contributed by atoms with E-state index in [1.54, 1.807) is 0 Å². The van der Waals surface area contributed by atoms with Crippen LogP contribution in [0.15, 0.2) is 60.9 Å². The lowest BCUT2D eigenvalue weighted by Crippen LogP contribution is -2.54. The molecular formula is C28H27NO2. The third-order valence-electron chi connectivity index (χ3n) is 8.68. The third-order valence-corrected chi connectivity index (χ3v) is 8.68. The molecule has 31 heavy (non-hydrogen) atoms. The Kier molecular flexibility index (Phi) is 3.71. The molecule has 0 N–H and O–H groups in total. The van der Waals surface area contributed by atoms with E-state index < -0.39 is 6.10 Å². The molecule has 0 saturated heterocycles. The maximum atomic E-state index is 14.3. The van der Waals surface area contributed by atoms with E-state index >= 15 is 0 Å². The number of carbonyl (C=O) groups excluding carboxylic acids is 1. The average molecular weight is 410 g/mol. The summed E-state index contributed by atoms with van der Waals surface area (Å²) < 4.78 is 6.56. The first kappa shape index (κ1) is 17.9. The number of ketones is 1. The van der Waals surface area contributed by atoms with E-state index in [2.05, 4.69) is 53.5 Å². The van der Waals surface area contributed by atoms with Crippen molar-refractivity contribution < 1.29 is 9.53 Å². The van der Waals surface area contributed by atoms with Crippen LogP contribution >= 0.6 is 0 Å². The largest absolute Gasteiger partial charge is 0.481 e. The zero-order chi connectivity index (χ0) is 20.6. The highest BCUT2D eigenvalue weighted by molar-refractivity contribution is 5.96. The van der Waals surface area contributed by atoms with Crippen molar-refractivity contribution in [2.24, 2.45) is 23.2 Å². The number of benzene rings is 2. The zero-order valence-corrected chi connectivity index (χ0v) is 17.7. The highest BCUT2D eigenvalue weighted by atomic mass is 16.5. The van der Waals surface area contributed by atoms with Crippen LogP contribution < -0.4 is 4.74 Å². The molecule has 3 nitrogen and oxygen atoms in total. The number of carbonyl (C=O) groups is 1. The number of hydrogen-bond donors (Lipinski definition) is 0. The van der Waals surface area contributed by atoms with E-state index in [4.69, 9.17) is 4.74 Å². The van der Waals surface area contributed by atoms with Gasteiger partial charge in [0.05, 0.1) is 5.92 Å². The molecule has 2 atom stereocenters. The van der Waals surface area contributed by atoms with Gasteiger partial charge in [-0.1, -0.05) is 30.3 Å². The molecule has 5 aliphatic rings. The topological polar surface area (TPSA) is 39.2 Å². The fourth-order valence-electron chi connectivity index (χ4n) is 7.89. The van der Waals surface area contributed by atoms with Crippen LogP contribution in [-0.2, 0) is 4.79 Å². The quantitative estimate of drug-likeness (QED) is 0.539. The molecule has 4 fully saturated rings. The van der Waals surface area contributed by atoms with E-state index in [-0.39, 0.29) is 11.3 Å². The molecule has 1 aliphatic heterocycles. The molecule has 4 bridgehead atoms. The lowest BCUT2D eigenvalue weighted by molar-refractivity contribution is -0.151. The number of pyridine rings is 1. The van der Waals surface area contributed by atoms with Crippen LogP contribution in [0.4, 0.5) is 0 Å². The molecule has 0 unspecified atom stereocenters. The molecule has 2 aromatic carbocycles. The van der Waals surface area contributed by atoms with Gasteiger partial charge in [0.2, 0.25) is 0 Å². The minimum absolute atomic E-state index is 0.0652. The Morgan fingerprint density at radius 3 is 2.26 bits per heavy atom. The molecule has 2 heterocycles. The maximum Gasteiger partial charge on any atom is 0.180 e. The number of rotatable bonds is 3. The Morgan fingerprint density at radius 2 is 1.55 bits per heavy atom. The second kappa shape index (κ2) is 6.41. The Hall–Kier alpha value is -2.68. The average Bonchev–Trinajstić information content (AvgIpc) is 3.18. The number of aromatic nitrogens is 1. The minimum Gasteiger partial charge on any atom is -0.481 e. The molecule has 0 spiro atoms. The van der Waals surface area contributed by atoms with Crippen LogP contribution in [0.25, 0.3) is 10.8 Å². The fourth-order valence-corrected chi connectivity index (χ4v) is 7.89. The molecule has 0 amide bonds. The summed E-state index contributed by atoms with van der Waals surface area (Å²) in [6.45, 7) is 0. The molecule has 3 heteroatoms. The standard InChI is InChI=1S/C28H27NO2/c30-27(28-14-17-11-18(15-28)13-19(12-17)16-28)26-24(21-7-9-29-10-8-21)25-22-4-2-1-3-20(22)5-6-23(25)31-26/h1-10,17-19,24,26H,11-16H2/t17?,18?,19?,24-,26-,28?/m0/s1. The molecule has 4 aliphatic carbocycles. The molecule has 4 saturated carbocycles. The molecular weight excluding hydrogens is 382 g/mol. The summed E-state index contributed by atoms with van der Waals surface area (Å²) in [5, 5.41) is 2.40. The molecule has 1 aromatic heterocycles. The maximum absolute atomic E-state index is 14.3.